The van der Waals surface area contributed by atoms with Gasteiger partial charge in [-0.25, -0.2) is 0 Å². The van der Waals surface area contributed by atoms with Crippen molar-refractivity contribution in [3.63, 3.8) is 0 Å². The molecule has 1 N–H and O–H groups in total. The molecule has 0 saturated heterocycles. The molecule has 1 aromatic rings. The average Bonchev–Trinajstić information content (AvgIpc) is 2.48. The lowest BCUT2D eigenvalue weighted by atomic mass is 9.87. The molecule has 15 heavy (non-hydrogen) atoms. The van der Waals surface area contributed by atoms with E-state index in [0.717, 1.165) is 18.0 Å². The number of rotatable bonds is 4. The Hall–Kier alpha value is -0.0500. The maximum atomic E-state index is 6.17. The summed E-state index contributed by atoms with van der Waals surface area (Å²) in [6.07, 6.45) is 1.11. The molecule has 0 fully saturated rings. The fourth-order valence-electron chi connectivity index (χ4n) is 1.67. The number of thiophene rings is 1. The maximum absolute atomic E-state index is 6.17. The van der Waals surface area contributed by atoms with Gasteiger partial charge in [-0.1, -0.05) is 39.3 Å². The van der Waals surface area contributed by atoms with Crippen LogP contribution in [-0.2, 0) is 0 Å². The van der Waals surface area contributed by atoms with Crippen LogP contribution in [0, 0.1) is 5.41 Å². The predicted molar refractivity (Wildman–Crippen MR) is 69.8 cm³/mol. The third-order valence-electron chi connectivity index (χ3n) is 2.23. The van der Waals surface area contributed by atoms with E-state index < -0.39 is 0 Å². The third-order valence-corrected chi connectivity index (χ3v) is 3.70. The van der Waals surface area contributed by atoms with Gasteiger partial charge in [0.2, 0.25) is 0 Å². The van der Waals surface area contributed by atoms with Crippen LogP contribution in [-0.4, -0.2) is 6.54 Å². The molecule has 0 bridgehead atoms. The van der Waals surface area contributed by atoms with Crippen LogP contribution in [0.4, 0.5) is 0 Å². The summed E-state index contributed by atoms with van der Waals surface area (Å²) >= 11 is 7.91. The van der Waals surface area contributed by atoms with Gasteiger partial charge < -0.3 is 5.32 Å². The van der Waals surface area contributed by atoms with E-state index in [9.17, 15) is 0 Å². The summed E-state index contributed by atoms with van der Waals surface area (Å²) in [6.45, 7) is 9.91. The summed E-state index contributed by atoms with van der Waals surface area (Å²) in [5, 5.41) is 6.47. The van der Waals surface area contributed by atoms with E-state index in [-0.39, 0.29) is 0 Å². The Morgan fingerprint density at radius 3 is 2.53 bits per heavy atom. The van der Waals surface area contributed by atoms with Gasteiger partial charge in [0.05, 0.1) is 5.02 Å². The Morgan fingerprint density at radius 2 is 2.13 bits per heavy atom. The molecule has 0 saturated carbocycles. The molecule has 1 heterocycles. The van der Waals surface area contributed by atoms with Crippen molar-refractivity contribution in [1.29, 1.82) is 0 Å². The molecule has 0 aromatic carbocycles. The molecule has 0 radical (unpaired) electrons. The molecular weight excluding hydrogens is 226 g/mol. The number of hydrogen-bond acceptors (Lipinski definition) is 2. The lowest BCUT2D eigenvalue weighted by Crippen LogP contribution is -2.25. The van der Waals surface area contributed by atoms with Gasteiger partial charge in [-0.3, -0.25) is 0 Å². The Labute approximate surface area is 102 Å². The fraction of sp³-hybridized carbons (Fsp3) is 0.667. The molecule has 1 nitrogen and oxygen atoms in total. The van der Waals surface area contributed by atoms with Crippen molar-refractivity contribution in [2.75, 3.05) is 6.54 Å². The van der Waals surface area contributed by atoms with Crippen molar-refractivity contribution in [3.8, 4) is 0 Å². The number of hydrogen-bond donors (Lipinski definition) is 1. The van der Waals surface area contributed by atoms with Gasteiger partial charge in [0.25, 0.3) is 0 Å². The normalized spacial score (nSPS) is 14.2. The zero-order valence-corrected chi connectivity index (χ0v) is 11.5. The van der Waals surface area contributed by atoms with Crippen molar-refractivity contribution >= 4 is 22.9 Å². The molecule has 1 aromatic heterocycles. The van der Waals surface area contributed by atoms with E-state index in [0.29, 0.717) is 11.5 Å². The molecule has 0 aliphatic heterocycles. The largest absolute Gasteiger partial charge is 0.309 e. The van der Waals surface area contributed by atoms with E-state index in [1.54, 1.807) is 11.3 Å². The summed E-state index contributed by atoms with van der Waals surface area (Å²) in [5.74, 6) is 0. The zero-order valence-electron chi connectivity index (χ0n) is 9.93. The monoisotopic (exact) mass is 245 g/mol. The van der Waals surface area contributed by atoms with E-state index in [1.165, 1.54) is 4.88 Å². The fourth-order valence-corrected chi connectivity index (χ4v) is 2.94. The Kier molecular flexibility index (Phi) is 4.63. The Bertz CT molecular complexity index is 301. The van der Waals surface area contributed by atoms with Crippen molar-refractivity contribution in [2.45, 2.75) is 40.2 Å². The number of halogens is 1. The highest BCUT2D eigenvalue weighted by molar-refractivity contribution is 7.10. The lowest BCUT2D eigenvalue weighted by molar-refractivity contribution is 0.317. The average molecular weight is 246 g/mol. The van der Waals surface area contributed by atoms with E-state index in [4.69, 9.17) is 11.6 Å². The smallest absolute Gasteiger partial charge is 0.0561 e. The van der Waals surface area contributed by atoms with Gasteiger partial charge in [0.15, 0.2) is 0 Å². The summed E-state index contributed by atoms with van der Waals surface area (Å²) in [7, 11) is 0. The minimum absolute atomic E-state index is 0.320. The summed E-state index contributed by atoms with van der Waals surface area (Å²) in [6, 6.07) is 2.37. The molecule has 0 spiro atoms. The van der Waals surface area contributed by atoms with Gasteiger partial charge in [0.1, 0.15) is 0 Å². The molecule has 0 amide bonds. The van der Waals surface area contributed by atoms with E-state index >= 15 is 0 Å². The van der Waals surface area contributed by atoms with Crippen LogP contribution >= 0.6 is 22.9 Å². The highest BCUT2D eigenvalue weighted by atomic mass is 35.5. The first-order chi connectivity index (χ1) is 6.94. The molecule has 0 aliphatic carbocycles. The van der Waals surface area contributed by atoms with Crippen molar-refractivity contribution in [3.05, 3.63) is 21.3 Å². The highest BCUT2D eigenvalue weighted by Crippen LogP contribution is 2.35. The van der Waals surface area contributed by atoms with Gasteiger partial charge in [-0.05, 0) is 29.8 Å². The van der Waals surface area contributed by atoms with Crippen LogP contribution in [0.5, 0.6) is 0 Å². The molecule has 1 atom stereocenters. The molecule has 3 heteroatoms. The Morgan fingerprint density at radius 1 is 1.47 bits per heavy atom. The van der Waals surface area contributed by atoms with Gasteiger partial charge in [0, 0.05) is 10.9 Å². The Balaban J connectivity index is 2.79. The minimum atomic E-state index is 0.320. The molecule has 86 valence electrons. The second-order valence-electron chi connectivity index (χ2n) is 5.01. The van der Waals surface area contributed by atoms with Crippen molar-refractivity contribution in [2.24, 2.45) is 5.41 Å². The second kappa shape index (κ2) is 5.33. The molecular formula is C12H20ClNS. The van der Waals surface area contributed by atoms with Crippen molar-refractivity contribution in [1.82, 2.24) is 5.32 Å². The van der Waals surface area contributed by atoms with Crippen LogP contribution in [0.15, 0.2) is 11.4 Å². The summed E-state index contributed by atoms with van der Waals surface area (Å²) < 4.78 is 0. The minimum Gasteiger partial charge on any atom is -0.309 e. The topological polar surface area (TPSA) is 12.0 Å². The van der Waals surface area contributed by atoms with Gasteiger partial charge >= 0.3 is 0 Å². The quantitative estimate of drug-likeness (QED) is 0.824. The van der Waals surface area contributed by atoms with Crippen LogP contribution in [0.2, 0.25) is 5.02 Å². The number of nitrogens with one attached hydrogen (secondary N) is 1. The first kappa shape index (κ1) is 13.0. The first-order valence-corrected chi connectivity index (χ1v) is 6.66. The predicted octanol–water partition coefficient (Wildman–Crippen LogP) is 4.49. The van der Waals surface area contributed by atoms with Crippen LogP contribution in [0.3, 0.4) is 0 Å². The van der Waals surface area contributed by atoms with Crippen molar-refractivity contribution < 1.29 is 0 Å². The standard InChI is InChI=1S/C12H20ClNS/c1-5-14-10(8-12(2,3)4)11-9(13)6-7-15-11/h6-7,10,14H,5,8H2,1-4H3. The third kappa shape index (κ3) is 4.13. The van der Waals surface area contributed by atoms with Gasteiger partial charge in [-0.15, -0.1) is 11.3 Å². The summed E-state index contributed by atoms with van der Waals surface area (Å²) in [4.78, 5) is 1.27. The van der Waals surface area contributed by atoms with E-state index in [1.807, 2.05) is 6.07 Å². The second-order valence-corrected chi connectivity index (χ2v) is 6.36. The maximum Gasteiger partial charge on any atom is 0.0561 e. The van der Waals surface area contributed by atoms with Crippen LogP contribution in [0.1, 0.15) is 45.0 Å². The molecule has 0 aliphatic rings. The highest BCUT2D eigenvalue weighted by Gasteiger charge is 2.22. The zero-order chi connectivity index (χ0) is 11.5. The summed E-state index contributed by atoms with van der Waals surface area (Å²) in [5.41, 5.74) is 0.320. The molecule has 1 unspecified atom stereocenters. The van der Waals surface area contributed by atoms with Gasteiger partial charge in [-0.2, -0.15) is 0 Å². The van der Waals surface area contributed by atoms with E-state index in [2.05, 4.69) is 38.4 Å². The van der Waals surface area contributed by atoms with Crippen LogP contribution in [0.25, 0.3) is 0 Å². The SMILES string of the molecule is CCNC(CC(C)(C)C)c1sccc1Cl. The lowest BCUT2D eigenvalue weighted by Gasteiger charge is -2.26. The van der Waals surface area contributed by atoms with Crippen LogP contribution < -0.4 is 5.32 Å². The molecule has 1 rings (SSSR count). The first-order valence-electron chi connectivity index (χ1n) is 5.40.